The van der Waals surface area contributed by atoms with Crippen LogP contribution < -0.4 is 5.32 Å². The molecule has 4 heteroatoms. The number of ether oxygens (including phenoxy) is 2. The van der Waals surface area contributed by atoms with Crippen LogP contribution in [0.3, 0.4) is 0 Å². The Morgan fingerprint density at radius 3 is 2.85 bits per heavy atom. The lowest BCUT2D eigenvalue weighted by atomic mass is 9.71. The maximum Gasteiger partial charge on any atom is 0.338 e. The van der Waals surface area contributed by atoms with Crippen molar-refractivity contribution in [1.29, 1.82) is 0 Å². The fraction of sp³-hybridized carbons (Fsp3) is 0.682. The number of anilines is 1. The normalized spacial score (nSPS) is 28.6. The molecule has 4 rings (SSSR count). The van der Waals surface area contributed by atoms with Crippen LogP contribution in [0.25, 0.3) is 0 Å². The summed E-state index contributed by atoms with van der Waals surface area (Å²) in [6.07, 6.45) is 10.1. The van der Waals surface area contributed by atoms with Crippen molar-refractivity contribution in [1.82, 2.24) is 0 Å². The van der Waals surface area contributed by atoms with Crippen molar-refractivity contribution in [2.45, 2.75) is 70.4 Å². The van der Waals surface area contributed by atoms with Gasteiger partial charge in [0.25, 0.3) is 0 Å². The lowest BCUT2D eigenvalue weighted by Gasteiger charge is -2.47. The highest BCUT2D eigenvalue weighted by Gasteiger charge is 2.42. The minimum atomic E-state index is -0.226. The summed E-state index contributed by atoms with van der Waals surface area (Å²) in [6, 6.07) is 6.46. The zero-order valence-corrected chi connectivity index (χ0v) is 15.8. The molecule has 1 N–H and O–H groups in total. The second kappa shape index (κ2) is 7.99. The van der Waals surface area contributed by atoms with E-state index in [1.165, 1.54) is 38.5 Å². The third-order valence-electron chi connectivity index (χ3n) is 6.34. The van der Waals surface area contributed by atoms with Gasteiger partial charge in [0, 0.05) is 29.8 Å². The predicted molar refractivity (Wildman–Crippen MR) is 102 cm³/mol. The van der Waals surface area contributed by atoms with Gasteiger partial charge in [0.15, 0.2) is 0 Å². The van der Waals surface area contributed by atoms with Crippen molar-refractivity contribution in [3.8, 4) is 0 Å². The number of esters is 1. The molecule has 3 aliphatic rings. The van der Waals surface area contributed by atoms with Gasteiger partial charge in [0.1, 0.15) is 0 Å². The maximum atomic E-state index is 12.3. The summed E-state index contributed by atoms with van der Waals surface area (Å²) >= 11 is 0. The van der Waals surface area contributed by atoms with E-state index in [1.54, 1.807) is 0 Å². The zero-order valence-electron chi connectivity index (χ0n) is 15.8. The molecule has 2 fully saturated rings. The van der Waals surface area contributed by atoms with Crippen LogP contribution in [-0.4, -0.2) is 25.2 Å². The van der Waals surface area contributed by atoms with Crippen LogP contribution in [0, 0.1) is 11.8 Å². The molecule has 4 nitrogen and oxygen atoms in total. The molecule has 0 amide bonds. The number of hydrogen-bond acceptors (Lipinski definition) is 4. The van der Waals surface area contributed by atoms with E-state index in [0.717, 1.165) is 36.6 Å². The third-order valence-corrected chi connectivity index (χ3v) is 6.34. The zero-order chi connectivity index (χ0) is 17.9. The Balaban J connectivity index is 1.61. The van der Waals surface area contributed by atoms with Gasteiger partial charge in [-0.25, -0.2) is 4.79 Å². The molecular weight excluding hydrogens is 326 g/mol. The molecule has 142 valence electrons. The number of hydrogen-bond donors (Lipinski definition) is 1. The lowest BCUT2D eigenvalue weighted by molar-refractivity contribution is -0.0458. The molecule has 1 saturated carbocycles. The summed E-state index contributed by atoms with van der Waals surface area (Å²) in [7, 11) is 0. The fourth-order valence-corrected chi connectivity index (χ4v) is 5.07. The average Bonchev–Trinajstić information content (AvgIpc) is 2.71. The standard InChI is InChI=1S/C22H31NO3/c1-2-12-26-22(24)16-10-11-19-18(14-16)21-17(9-6-13-25-21)20(23-19)15-7-4-3-5-8-15/h10-11,14-15,17,20-21,23H,2-9,12-13H2,1H3/t17?,20-,21?/m1/s1. The molecule has 1 aromatic carbocycles. The van der Waals surface area contributed by atoms with Gasteiger partial charge in [-0.15, -0.1) is 0 Å². The van der Waals surface area contributed by atoms with E-state index in [0.29, 0.717) is 24.1 Å². The predicted octanol–water partition coefficient (Wildman–Crippen LogP) is 5.10. The number of fused-ring (bicyclic) bond motifs is 3. The van der Waals surface area contributed by atoms with Crippen LogP contribution in [0.15, 0.2) is 18.2 Å². The van der Waals surface area contributed by atoms with Gasteiger partial charge < -0.3 is 14.8 Å². The molecule has 2 aliphatic heterocycles. The van der Waals surface area contributed by atoms with Crippen molar-refractivity contribution >= 4 is 11.7 Å². The first-order valence-electron chi connectivity index (χ1n) is 10.5. The largest absolute Gasteiger partial charge is 0.462 e. The minimum Gasteiger partial charge on any atom is -0.462 e. The summed E-state index contributed by atoms with van der Waals surface area (Å²) in [5, 5.41) is 3.84. The number of carbonyl (C=O) groups excluding carboxylic acids is 1. The minimum absolute atomic E-state index is 0.117. The van der Waals surface area contributed by atoms with Crippen molar-refractivity contribution < 1.29 is 14.3 Å². The van der Waals surface area contributed by atoms with Gasteiger partial charge in [-0.1, -0.05) is 26.2 Å². The second-order valence-corrected chi connectivity index (χ2v) is 8.10. The van der Waals surface area contributed by atoms with Gasteiger partial charge in [0.2, 0.25) is 0 Å². The topological polar surface area (TPSA) is 47.6 Å². The van der Waals surface area contributed by atoms with Gasteiger partial charge in [-0.2, -0.15) is 0 Å². The molecule has 3 atom stereocenters. The molecule has 1 aromatic rings. The molecule has 0 aromatic heterocycles. The average molecular weight is 357 g/mol. The van der Waals surface area contributed by atoms with E-state index < -0.39 is 0 Å². The molecule has 0 radical (unpaired) electrons. The first-order valence-corrected chi connectivity index (χ1v) is 10.5. The SMILES string of the molecule is CCCOC(=O)c1ccc2c(c1)C1OCCCC1[C@@H](C1CCCCC1)N2. The van der Waals surface area contributed by atoms with Gasteiger partial charge in [0.05, 0.1) is 18.3 Å². The van der Waals surface area contributed by atoms with Crippen LogP contribution in [0.5, 0.6) is 0 Å². The molecule has 0 bridgehead atoms. The number of rotatable bonds is 4. The van der Waals surface area contributed by atoms with Crippen LogP contribution in [-0.2, 0) is 9.47 Å². The third kappa shape index (κ3) is 3.48. The van der Waals surface area contributed by atoms with Gasteiger partial charge >= 0.3 is 5.97 Å². The van der Waals surface area contributed by atoms with E-state index in [-0.39, 0.29) is 12.1 Å². The second-order valence-electron chi connectivity index (χ2n) is 8.10. The van der Waals surface area contributed by atoms with E-state index in [9.17, 15) is 4.79 Å². The Hall–Kier alpha value is -1.55. The Labute approximate surface area is 156 Å². The smallest absolute Gasteiger partial charge is 0.338 e. The highest BCUT2D eigenvalue weighted by molar-refractivity contribution is 5.90. The molecule has 2 unspecified atom stereocenters. The number of nitrogens with one attached hydrogen (secondary N) is 1. The van der Waals surface area contributed by atoms with Crippen LogP contribution in [0.4, 0.5) is 5.69 Å². The highest BCUT2D eigenvalue weighted by atomic mass is 16.5. The monoisotopic (exact) mass is 357 g/mol. The first kappa shape index (κ1) is 17.8. The van der Waals surface area contributed by atoms with Crippen LogP contribution in [0.2, 0.25) is 0 Å². The fourth-order valence-electron chi connectivity index (χ4n) is 5.07. The Morgan fingerprint density at radius 1 is 1.19 bits per heavy atom. The molecular formula is C22H31NO3. The van der Waals surface area contributed by atoms with Crippen LogP contribution in [0.1, 0.15) is 80.3 Å². The lowest BCUT2D eigenvalue weighted by Crippen LogP contribution is -2.46. The first-order chi connectivity index (χ1) is 12.8. The Kier molecular flexibility index (Phi) is 5.49. The van der Waals surface area contributed by atoms with Crippen molar-refractivity contribution in [3.05, 3.63) is 29.3 Å². The quantitative estimate of drug-likeness (QED) is 0.762. The molecule has 0 spiro atoms. The summed E-state index contributed by atoms with van der Waals surface area (Å²) in [6.45, 7) is 3.30. The van der Waals surface area contributed by atoms with Crippen LogP contribution >= 0.6 is 0 Å². The summed E-state index contributed by atoms with van der Waals surface area (Å²) < 4.78 is 11.6. The summed E-state index contributed by atoms with van der Waals surface area (Å²) in [5.74, 6) is 1.04. The van der Waals surface area contributed by atoms with Crippen molar-refractivity contribution in [3.63, 3.8) is 0 Å². The molecule has 1 aliphatic carbocycles. The van der Waals surface area contributed by atoms with Crippen molar-refractivity contribution in [2.75, 3.05) is 18.5 Å². The van der Waals surface area contributed by atoms with E-state index >= 15 is 0 Å². The Morgan fingerprint density at radius 2 is 2.04 bits per heavy atom. The van der Waals surface area contributed by atoms with E-state index in [2.05, 4.69) is 11.4 Å². The highest BCUT2D eigenvalue weighted by Crippen LogP contribution is 2.47. The van der Waals surface area contributed by atoms with Gasteiger partial charge in [-0.3, -0.25) is 0 Å². The van der Waals surface area contributed by atoms with E-state index in [1.807, 2.05) is 19.1 Å². The maximum absolute atomic E-state index is 12.3. The Bertz CT molecular complexity index is 638. The van der Waals surface area contributed by atoms with E-state index in [4.69, 9.17) is 9.47 Å². The molecule has 26 heavy (non-hydrogen) atoms. The number of benzene rings is 1. The number of carbonyl (C=O) groups is 1. The van der Waals surface area contributed by atoms with Crippen molar-refractivity contribution in [2.24, 2.45) is 11.8 Å². The summed E-state index contributed by atoms with van der Waals surface area (Å²) in [4.78, 5) is 12.3. The summed E-state index contributed by atoms with van der Waals surface area (Å²) in [5.41, 5.74) is 2.94. The molecule has 2 heterocycles. The molecule has 1 saturated heterocycles. The van der Waals surface area contributed by atoms with Gasteiger partial charge in [-0.05, 0) is 56.2 Å².